The maximum atomic E-state index is 4.56. The number of benzene rings is 1. The predicted octanol–water partition coefficient (Wildman–Crippen LogP) is 2.84. The quantitative estimate of drug-likeness (QED) is 0.860. The van der Waals surface area contributed by atoms with Gasteiger partial charge in [0.1, 0.15) is 0 Å². The molecule has 17 heavy (non-hydrogen) atoms. The summed E-state index contributed by atoms with van der Waals surface area (Å²) < 4.78 is 1.95. The van der Waals surface area contributed by atoms with Crippen molar-refractivity contribution in [1.29, 1.82) is 0 Å². The Hall–Kier alpha value is -0.870. The summed E-state index contributed by atoms with van der Waals surface area (Å²) in [7, 11) is 1.99. The third-order valence-electron chi connectivity index (χ3n) is 2.99. The number of aromatic nitrogens is 2. The fraction of sp³-hybridized carbons (Fsp3) is 0.462. The number of halogens is 1. The lowest BCUT2D eigenvalue weighted by Gasteiger charge is -2.10. The minimum atomic E-state index is 0.509. The summed E-state index contributed by atoms with van der Waals surface area (Å²) in [6.07, 6.45) is 1.13. The van der Waals surface area contributed by atoms with Gasteiger partial charge in [0.05, 0.1) is 11.2 Å². The van der Waals surface area contributed by atoms with E-state index < -0.39 is 0 Å². The number of alkyl halides is 1. The van der Waals surface area contributed by atoms with Gasteiger partial charge in [-0.1, -0.05) is 34.1 Å². The number of hydrogen-bond donors (Lipinski definition) is 1. The first-order valence-electron chi connectivity index (χ1n) is 5.92. The lowest BCUT2D eigenvalue weighted by Crippen LogP contribution is -2.26. The second kappa shape index (κ2) is 5.65. The molecule has 1 unspecified atom stereocenters. The van der Waals surface area contributed by atoms with E-state index in [0.29, 0.717) is 6.04 Å². The molecule has 0 spiro atoms. The second-order valence-corrected chi connectivity index (χ2v) is 5.14. The van der Waals surface area contributed by atoms with Crippen LogP contribution in [0.2, 0.25) is 0 Å². The monoisotopic (exact) mass is 295 g/mol. The maximum Gasteiger partial charge on any atom is 0.0841 e. The Morgan fingerprint density at radius 3 is 2.94 bits per heavy atom. The topological polar surface area (TPSA) is 29.9 Å². The van der Waals surface area contributed by atoms with Crippen molar-refractivity contribution in [2.75, 3.05) is 5.33 Å². The Morgan fingerprint density at radius 1 is 1.41 bits per heavy atom. The number of para-hydroxylation sites is 1. The van der Waals surface area contributed by atoms with Crippen molar-refractivity contribution in [2.24, 2.45) is 7.05 Å². The molecule has 2 rings (SSSR count). The van der Waals surface area contributed by atoms with Crippen LogP contribution < -0.4 is 5.32 Å². The molecule has 0 saturated heterocycles. The first kappa shape index (κ1) is 12.6. The average Bonchev–Trinajstić information content (AvgIpc) is 2.65. The van der Waals surface area contributed by atoms with Crippen LogP contribution in [0.3, 0.4) is 0 Å². The molecule has 0 bridgehead atoms. The molecule has 3 nitrogen and oxygen atoms in total. The fourth-order valence-electron chi connectivity index (χ4n) is 1.96. The van der Waals surface area contributed by atoms with E-state index in [9.17, 15) is 0 Å². The third-order valence-corrected chi connectivity index (χ3v) is 3.45. The standard InChI is InChI=1S/C13H18BrN3/c1-10(7-8-14)15-9-12-11-5-3-4-6-13(11)17(2)16-12/h3-6,10,15H,7-9H2,1-2H3. The highest BCUT2D eigenvalue weighted by atomic mass is 79.9. The van der Waals surface area contributed by atoms with Crippen LogP contribution in [-0.2, 0) is 13.6 Å². The number of hydrogen-bond acceptors (Lipinski definition) is 2. The zero-order valence-corrected chi connectivity index (χ0v) is 11.9. The van der Waals surface area contributed by atoms with Gasteiger partial charge in [0, 0.05) is 30.4 Å². The Labute approximate surface area is 110 Å². The van der Waals surface area contributed by atoms with Gasteiger partial charge in [-0.05, 0) is 19.4 Å². The van der Waals surface area contributed by atoms with Crippen molar-refractivity contribution in [2.45, 2.75) is 25.9 Å². The summed E-state index contributed by atoms with van der Waals surface area (Å²) in [6.45, 7) is 3.03. The van der Waals surface area contributed by atoms with Gasteiger partial charge in [-0.15, -0.1) is 0 Å². The molecule has 1 heterocycles. The largest absolute Gasteiger partial charge is 0.309 e. The van der Waals surface area contributed by atoms with E-state index in [2.05, 4.69) is 57.5 Å². The van der Waals surface area contributed by atoms with E-state index in [1.807, 2.05) is 11.7 Å². The van der Waals surface area contributed by atoms with Gasteiger partial charge < -0.3 is 5.32 Å². The zero-order chi connectivity index (χ0) is 12.3. The van der Waals surface area contributed by atoms with E-state index in [0.717, 1.165) is 24.0 Å². The SMILES string of the molecule is CC(CCBr)NCc1nn(C)c2ccccc12. The van der Waals surface area contributed by atoms with E-state index in [1.165, 1.54) is 10.9 Å². The van der Waals surface area contributed by atoms with Gasteiger partial charge in [-0.3, -0.25) is 4.68 Å². The second-order valence-electron chi connectivity index (χ2n) is 4.35. The Bertz CT molecular complexity index is 492. The van der Waals surface area contributed by atoms with Crippen LogP contribution in [0.25, 0.3) is 10.9 Å². The van der Waals surface area contributed by atoms with Crippen molar-refractivity contribution in [3.05, 3.63) is 30.0 Å². The molecule has 0 saturated carbocycles. The van der Waals surface area contributed by atoms with Crippen LogP contribution in [0.5, 0.6) is 0 Å². The van der Waals surface area contributed by atoms with Gasteiger partial charge >= 0.3 is 0 Å². The highest BCUT2D eigenvalue weighted by molar-refractivity contribution is 9.09. The van der Waals surface area contributed by atoms with E-state index in [-0.39, 0.29) is 0 Å². The van der Waals surface area contributed by atoms with Gasteiger partial charge in [0.15, 0.2) is 0 Å². The molecule has 0 aliphatic rings. The molecule has 1 atom stereocenters. The number of fused-ring (bicyclic) bond motifs is 1. The Kier molecular flexibility index (Phi) is 4.18. The average molecular weight is 296 g/mol. The van der Waals surface area contributed by atoms with E-state index in [4.69, 9.17) is 0 Å². The molecule has 92 valence electrons. The predicted molar refractivity (Wildman–Crippen MR) is 75.4 cm³/mol. The molecule has 0 amide bonds. The first-order valence-corrected chi connectivity index (χ1v) is 7.04. The van der Waals surface area contributed by atoms with Crippen LogP contribution in [0.1, 0.15) is 19.0 Å². The summed E-state index contributed by atoms with van der Waals surface area (Å²) in [5.74, 6) is 0. The molecule has 1 aromatic heterocycles. The zero-order valence-electron chi connectivity index (χ0n) is 10.3. The highest BCUT2D eigenvalue weighted by Gasteiger charge is 2.08. The van der Waals surface area contributed by atoms with Crippen LogP contribution in [0, 0.1) is 0 Å². The normalized spacial score (nSPS) is 13.1. The summed E-state index contributed by atoms with van der Waals surface area (Å²) in [6, 6.07) is 8.86. The van der Waals surface area contributed by atoms with Crippen LogP contribution in [0.4, 0.5) is 0 Å². The molecular formula is C13H18BrN3. The van der Waals surface area contributed by atoms with Crippen molar-refractivity contribution >= 4 is 26.8 Å². The molecule has 0 radical (unpaired) electrons. The minimum absolute atomic E-state index is 0.509. The molecule has 2 aromatic rings. The fourth-order valence-corrected chi connectivity index (χ4v) is 2.64. The Morgan fingerprint density at radius 2 is 2.18 bits per heavy atom. The summed E-state index contributed by atoms with van der Waals surface area (Å²) in [5, 5.41) is 10.3. The van der Waals surface area contributed by atoms with Gasteiger partial charge in [0.25, 0.3) is 0 Å². The van der Waals surface area contributed by atoms with Crippen molar-refractivity contribution < 1.29 is 0 Å². The van der Waals surface area contributed by atoms with Gasteiger partial charge in [-0.25, -0.2) is 0 Å². The lowest BCUT2D eigenvalue weighted by atomic mass is 10.2. The number of nitrogens with zero attached hydrogens (tertiary/aromatic N) is 2. The minimum Gasteiger partial charge on any atom is -0.309 e. The molecule has 0 aliphatic carbocycles. The number of rotatable bonds is 5. The number of aryl methyl sites for hydroxylation is 1. The molecule has 0 fully saturated rings. The third kappa shape index (κ3) is 2.87. The summed E-state index contributed by atoms with van der Waals surface area (Å²) in [4.78, 5) is 0. The van der Waals surface area contributed by atoms with Crippen molar-refractivity contribution in [3.8, 4) is 0 Å². The first-order chi connectivity index (χ1) is 8.22. The molecule has 1 aromatic carbocycles. The molecule has 0 aliphatic heterocycles. The number of nitrogens with one attached hydrogen (secondary N) is 1. The molecule has 1 N–H and O–H groups in total. The van der Waals surface area contributed by atoms with Crippen LogP contribution in [0.15, 0.2) is 24.3 Å². The van der Waals surface area contributed by atoms with Crippen molar-refractivity contribution in [1.82, 2.24) is 15.1 Å². The summed E-state index contributed by atoms with van der Waals surface area (Å²) in [5.41, 5.74) is 2.32. The molecular weight excluding hydrogens is 278 g/mol. The lowest BCUT2D eigenvalue weighted by molar-refractivity contribution is 0.531. The van der Waals surface area contributed by atoms with Crippen LogP contribution >= 0.6 is 15.9 Å². The highest BCUT2D eigenvalue weighted by Crippen LogP contribution is 2.17. The smallest absolute Gasteiger partial charge is 0.0841 e. The maximum absolute atomic E-state index is 4.56. The van der Waals surface area contributed by atoms with Gasteiger partial charge in [0.2, 0.25) is 0 Å². The van der Waals surface area contributed by atoms with Crippen LogP contribution in [-0.4, -0.2) is 21.2 Å². The van der Waals surface area contributed by atoms with E-state index in [1.54, 1.807) is 0 Å². The van der Waals surface area contributed by atoms with Gasteiger partial charge in [-0.2, -0.15) is 5.10 Å². The molecule has 4 heteroatoms. The summed E-state index contributed by atoms with van der Waals surface area (Å²) >= 11 is 3.46. The van der Waals surface area contributed by atoms with Crippen molar-refractivity contribution in [3.63, 3.8) is 0 Å². The Balaban J connectivity index is 2.13. The van der Waals surface area contributed by atoms with E-state index >= 15 is 0 Å².